The first-order valence-electron chi connectivity index (χ1n) is 4.05. The zero-order chi connectivity index (χ0) is 10.1. The molecule has 0 aliphatic rings. The molecule has 0 atom stereocenters. The summed E-state index contributed by atoms with van der Waals surface area (Å²) in [7, 11) is 0. The molecule has 13 heavy (non-hydrogen) atoms. The number of hydrogen-bond donors (Lipinski definition) is 2. The molecule has 0 aromatic rings. The Kier molecular flexibility index (Phi) is 6.39. The van der Waals surface area contributed by atoms with E-state index < -0.39 is 6.09 Å². The second-order valence-electron chi connectivity index (χ2n) is 2.02. The maximum atomic E-state index is 10.7. The molecule has 0 saturated heterocycles. The third-order valence-corrected chi connectivity index (χ3v) is 1.000. The molecule has 0 rings (SSSR count). The first-order chi connectivity index (χ1) is 6.20. The Labute approximate surface area is 77.3 Å². The third kappa shape index (κ3) is 6.92. The van der Waals surface area contributed by atoms with Crippen molar-refractivity contribution in [3.63, 3.8) is 0 Å². The molecule has 0 fully saturated rings. The average Bonchev–Trinajstić information content (AvgIpc) is 2.05. The van der Waals surface area contributed by atoms with E-state index in [-0.39, 0.29) is 0 Å². The van der Waals surface area contributed by atoms with Crippen LogP contribution < -0.4 is 11.0 Å². The largest absolute Gasteiger partial charge is 0.480 e. The molecule has 6 nitrogen and oxygen atoms in total. The van der Waals surface area contributed by atoms with E-state index in [2.05, 4.69) is 20.8 Å². The fraction of sp³-hybridized carbons (Fsp3) is 0.714. The van der Waals surface area contributed by atoms with Crippen LogP contribution in [0.2, 0.25) is 0 Å². The quantitative estimate of drug-likeness (QED) is 0.386. The number of hydrazone groups is 1. The second kappa shape index (κ2) is 7.20. The zero-order valence-corrected chi connectivity index (χ0v) is 8.09. The van der Waals surface area contributed by atoms with E-state index in [0.29, 0.717) is 19.1 Å². The number of rotatable bonds is 4. The van der Waals surface area contributed by atoms with Gasteiger partial charge in [0, 0.05) is 6.92 Å². The minimum atomic E-state index is -0.574. The topological polar surface area (TPSA) is 72.0 Å². The van der Waals surface area contributed by atoms with Gasteiger partial charge in [-0.1, -0.05) is 0 Å². The van der Waals surface area contributed by atoms with Gasteiger partial charge in [0.2, 0.25) is 5.90 Å². The van der Waals surface area contributed by atoms with Gasteiger partial charge >= 0.3 is 6.09 Å². The van der Waals surface area contributed by atoms with Crippen LogP contribution in [0.5, 0.6) is 0 Å². The van der Waals surface area contributed by atoms with Gasteiger partial charge < -0.3 is 9.47 Å². The highest BCUT2D eigenvalue weighted by molar-refractivity contribution is 5.73. The predicted octanol–water partition coefficient (Wildman–Crippen LogP) is 0.607. The summed E-state index contributed by atoms with van der Waals surface area (Å²) in [6, 6.07) is 0. The summed E-state index contributed by atoms with van der Waals surface area (Å²) in [5.74, 6) is 0.444. The van der Waals surface area contributed by atoms with Gasteiger partial charge in [0.25, 0.3) is 0 Å². The number of carbonyl (C=O) groups is 1. The molecule has 0 radical (unpaired) electrons. The van der Waals surface area contributed by atoms with Crippen LogP contribution in [0.4, 0.5) is 4.79 Å². The third-order valence-electron chi connectivity index (χ3n) is 1.000. The van der Waals surface area contributed by atoms with Crippen molar-refractivity contribution in [1.82, 2.24) is 11.0 Å². The smallest absolute Gasteiger partial charge is 0.427 e. The van der Waals surface area contributed by atoms with E-state index >= 15 is 0 Å². The number of ether oxygens (including phenoxy) is 2. The van der Waals surface area contributed by atoms with Crippen molar-refractivity contribution in [1.29, 1.82) is 0 Å². The van der Waals surface area contributed by atoms with Crippen LogP contribution in [0.25, 0.3) is 0 Å². The van der Waals surface area contributed by atoms with Gasteiger partial charge in [-0.25, -0.2) is 15.8 Å². The lowest BCUT2D eigenvalue weighted by Crippen LogP contribution is -2.34. The Morgan fingerprint density at radius 2 is 1.92 bits per heavy atom. The van der Waals surface area contributed by atoms with Crippen LogP contribution in [-0.4, -0.2) is 25.2 Å². The molecular weight excluding hydrogens is 174 g/mol. The van der Waals surface area contributed by atoms with Gasteiger partial charge in [-0.3, -0.25) is 0 Å². The van der Waals surface area contributed by atoms with Crippen molar-refractivity contribution in [2.45, 2.75) is 20.8 Å². The Morgan fingerprint density at radius 1 is 1.31 bits per heavy atom. The van der Waals surface area contributed by atoms with Gasteiger partial charge in [0.1, 0.15) is 0 Å². The molecule has 2 N–H and O–H groups in total. The number of nitrogens with one attached hydrogen (secondary N) is 2. The SMILES string of the molecule is CCOC(=O)NN/N=C(\C)OCC. The summed E-state index contributed by atoms with van der Waals surface area (Å²) in [4.78, 5) is 10.7. The van der Waals surface area contributed by atoms with Crippen LogP contribution >= 0.6 is 0 Å². The number of hydrazine groups is 1. The lowest BCUT2D eigenvalue weighted by atomic mass is 10.7. The van der Waals surface area contributed by atoms with Crippen molar-refractivity contribution in [2.75, 3.05) is 13.2 Å². The summed E-state index contributed by atoms with van der Waals surface area (Å²) in [6.07, 6.45) is -0.574. The summed E-state index contributed by atoms with van der Waals surface area (Å²) in [6.45, 7) is 6.09. The lowest BCUT2D eigenvalue weighted by Gasteiger charge is -2.04. The monoisotopic (exact) mass is 189 g/mol. The van der Waals surface area contributed by atoms with Crippen LogP contribution in [0.3, 0.4) is 0 Å². The highest BCUT2D eigenvalue weighted by Crippen LogP contribution is 1.78. The Morgan fingerprint density at radius 3 is 2.46 bits per heavy atom. The molecule has 0 spiro atoms. The molecule has 0 heterocycles. The maximum absolute atomic E-state index is 10.7. The minimum Gasteiger partial charge on any atom is -0.480 e. The summed E-state index contributed by atoms with van der Waals surface area (Å²) < 4.78 is 9.54. The van der Waals surface area contributed by atoms with Gasteiger partial charge in [-0.2, -0.15) is 0 Å². The van der Waals surface area contributed by atoms with Gasteiger partial charge in [-0.15, -0.1) is 5.10 Å². The standard InChI is InChI=1S/C7H15N3O3/c1-4-12-6(3)8-10-9-7(11)13-5-2/h10H,4-5H2,1-3H3,(H,9,11)/b8-6+. The normalized spacial score (nSPS) is 10.5. The molecule has 0 aromatic heterocycles. The van der Waals surface area contributed by atoms with E-state index in [1.54, 1.807) is 13.8 Å². The maximum Gasteiger partial charge on any atom is 0.427 e. The molecule has 6 heteroatoms. The van der Waals surface area contributed by atoms with E-state index in [4.69, 9.17) is 4.74 Å². The molecule has 0 unspecified atom stereocenters. The Hall–Kier alpha value is -1.46. The van der Waals surface area contributed by atoms with Crippen LogP contribution in [0.15, 0.2) is 5.10 Å². The highest BCUT2D eigenvalue weighted by Gasteiger charge is 1.96. The van der Waals surface area contributed by atoms with Crippen molar-refractivity contribution in [3.05, 3.63) is 0 Å². The van der Waals surface area contributed by atoms with Crippen molar-refractivity contribution >= 4 is 12.0 Å². The second-order valence-corrected chi connectivity index (χ2v) is 2.02. The number of nitrogens with zero attached hydrogens (tertiary/aromatic N) is 1. The average molecular weight is 189 g/mol. The van der Waals surface area contributed by atoms with E-state index in [9.17, 15) is 4.79 Å². The highest BCUT2D eigenvalue weighted by atomic mass is 16.6. The molecule has 0 bridgehead atoms. The van der Waals surface area contributed by atoms with Crippen molar-refractivity contribution in [3.8, 4) is 0 Å². The van der Waals surface area contributed by atoms with Gasteiger partial charge in [0.05, 0.1) is 13.2 Å². The first-order valence-corrected chi connectivity index (χ1v) is 4.05. The summed E-state index contributed by atoms with van der Waals surface area (Å²) in [5, 5.41) is 3.67. The molecule has 0 aliphatic heterocycles. The van der Waals surface area contributed by atoms with E-state index in [1.807, 2.05) is 6.92 Å². The molecular formula is C7H15N3O3. The predicted molar refractivity (Wildman–Crippen MR) is 48.0 cm³/mol. The summed E-state index contributed by atoms with van der Waals surface area (Å²) >= 11 is 0. The summed E-state index contributed by atoms with van der Waals surface area (Å²) in [5.41, 5.74) is 4.49. The van der Waals surface area contributed by atoms with E-state index in [1.165, 1.54) is 0 Å². The van der Waals surface area contributed by atoms with Gasteiger partial charge in [-0.05, 0) is 13.8 Å². The fourth-order valence-electron chi connectivity index (χ4n) is 0.561. The fourth-order valence-corrected chi connectivity index (χ4v) is 0.561. The number of carbonyl (C=O) groups excluding carboxylic acids is 1. The molecule has 76 valence electrons. The first kappa shape index (κ1) is 11.5. The van der Waals surface area contributed by atoms with Gasteiger partial charge in [0.15, 0.2) is 0 Å². The lowest BCUT2D eigenvalue weighted by molar-refractivity contribution is 0.147. The zero-order valence-electron chi connectivity index (χ0n) is 8.09. The van der Waals surface area contributed by atoms with Crippen molar-refractivity contribution in [2.24, 2.45) is 5.10 Å². The van der Waals surface area contributed by atoms with Crippen LogP contribution in [-0.2, 0) is 9.47 Å². The number of amides is 1. The minimum absolute atomic E-state index is 0.321. The van der Waals surface area contributed by atoms with Crippen LogP contribution in [0, 0.1) is 0 Å². The Balaban J connectivity index is 3.53. The molecule has 0 saturated carbocycles. The Bertz CT molecular complexity index is 182. The van der Waals surface area contributed by atoms with E-state index in [0.717, 1.165) is 0 Å². The molecule has 0 aromatic carbocycles. The van der Waals surface area contributed by atoms with Crippen molar-refractivity contribution < 1.29 is 14.3 Å². The molecule has 0 aliphatic carbocycles. The van der Waals surface area contributed by atoms with Crippen LogP contribution in [0.1, 0.15) is 20.8 Å². The number of hydrogen-bond acceptors (Lipinski definition) is 5. The molecule has 1 amide bonds.